The van der Waals surface area contributed by atoms with Gasteiger partial charge in [0.2, 0.25) is 0 Å². The molecule has 0 saturated carbocycles. The number of hydrogen-bond donors (Lipinski definition) is 1. The molecule has 2 aromatic heterocycles. The molecule has 284 valence electrons. The van der Waals surface area contributed by atoms with Gasteiger partial charge in [0, 0.05) is 54.1 Å². The molecule has 5 aromatic carbocycles. The zero-order valence-electron chi connectivity index (χ0n) is 31.5. The summed E-state index contributed by atoms with van der Waals surface area (Å²) in [6.45, 7) is 3.17. The SMILES string of the molecule is COc1cc2nccc(Oc3ccc(NN(c4ccc(Oc5ccnc6cc(OC)c(OC)cc56)cc4)c4ccc(N5CCOCC5)cc4)cc3)c2cc1OC. The van der Waals surface area contributed by atoms with Crippen LogP contribution in [-0.2, 0) is 4.74 Å². The summed E-state index contributed by atoms with van der Waals surface area (Å²) in [5, 5.41) is 3.66. The van der Waals surface area contributed by atoms with Crippen LogP contribution in [0.15, 0.2) is 122 Å². The van der Waals surface area contributed by atoms with E-state index in [0.717, 1.165) is 70.9 Å². The first-order valence-electron chi connectivity index (χ1n) is 18.1. The summed E-state index contributed by atoms with van der Waals surface area (Å²) in [5.41, 5.74) is 8.93. The van der Waals surface area contributed by atoms with Crippen LogP contribution in [0, 0.1) is 0 Å². The van der Waals surface area contributed by atoms with Crippen molar-refractivity contribution in [2.45, 2.75) is 0 Å². The molecule has 0 radical (unpaired) electrons. The van der Waals surface area contributed by atoms with E-state index in [-0.39, 0.29) is 0 Å². The highest BCUT2D eigenvalue weighted by Gasteiger charge is 2.17. The summed E-state index contributed by atoms with van der Waals surface area (Å²) < 4.78 is 40.3. The minimum absolute atomic E-state index is 0.599. The predicted octanol–water partition coefficient (Wildman–Crippen LogP) is 9.40. The number of ether oxygens (including phenoxy) is 7. The van der Waals surface area contributed by atoms with Gasteiger partial charge in [0.05, 0.1) is 69.7 Å². The zero-order chi connectivity index (χ0) is 38.4. The van der Waals surface area contributed by atoms with Crippen molar-refractivity contribution in [3.05, 3.63) is 122 Å². The van der Waals surface area contributed by atoms with Gasteiger partial charge in [-0.2, -0.15) is 0 Å². The van der Waals surface area contributed by atoms with Gasteiger partial charge < -0.3 is 38.1 Å². The maximum Gasteiger partial charge on any atom is 0.162 e. The van der Waals surface area contributed by atoms with Crippen molar-refractivity contribution in [3.8, 4) is 46.0 Å². The fourth-order valence-corrected chi connectivity index (χ4v) is 6.63. The zero-order valence-corrected chi connectivity index (χ0v) is 31.5. The smallest absolute Gasteiger partial charge is 0.162 e. The first-order chi connectivity index (χ1) is 27.5. The van der Waals surface area contributed by atoms with Gasteiger partial charge in [-0.3, -0.25) is 20.4 Å². The van der Waals surface area contributed by atoms with Gasteiger partial charge >= 0.3 is 0 Å². The molecule has 1 saturated heterocycles. The number of hydrazine groups is 1. The minimum atomic E-state index is 0.599. The first-order valence-corrected chi connectivity index (χ1v) is 18.1. The van der Waals surface area contributed by atoms with E-state index in [4.69, 9.17) is 33.2 Å². The van der Waals surface area contributed by atoms with E-state index in [9.17, 15) is 0 Å². The summed E-state index contributed by atoms with van der Waals surface area (Å²) in [4.78, 5) is 11.3. The van der Waals surface area contributed by atoms with Crippen LogP contribution in [0.2, 0.25) is 0 Å². The highest BCUT2D eigenvalue weighted by Crippen LogP contribution is 2.39. The molecule has 0 bridgehead atoms. The highest BCUT2D eigenvalue weighted by molar-refractivity contribution is 5.89. The molecule has 0 unspecified atom stereocenters. The average molecular weight is 752 g/mol. The number of anilines is 4. The lowest BCUT2D eigenvalue weighted by molar-refractivity contribution is 0.122. The van der Waals surface area contributed by atoms with E-state index in [1.807, 2.05) is 89.9 Å². The number of pyridine rings is 2. The average Bonchev–Trinajstić information content (AvgIpc) is 3.26. The molecular weight excluding hydrogens is 711 g/mol. The monoisotopic (exact) mass is 751 g/mol. The minimum Gasteiger partial charge on any atom is -0.493 e. The van der Waals surface area contributed by atoms with Crippen LogP contribution in [0.1, 0.15) is 0 Å². The molecule has 56 heavy (non-hydrogen) atoms. The standard InChI is InChI=1S/C44H41N5O7/c1-50-41-25-35-37(27-43(41)52-3)45-19-17-39(35)55-33-13-5-29(6-14-33)47-49(31-9-7-30(8-10-31)48-21-23-54-24-22-48)32-11-15-34(16-12-32)56-40-18-20-46-38-28-44(53-4)42(51-2)26-36(38)40/h5-20,25-28,47H,21-24H2,1-4H3. The number of rotatable bonds is 13. The maximum atomic E-state index is 6.40. The Morgan fingerprint density at radius 2 is 0.982 bits per heavy atom. The van der Waals surface area contributed by atoms with Gasteiger partial charge in [-0.25, -0.2) is 0 Å². The Morgan fingerprint density at radius 3 is 1.46 bits per heavy atom. The molecular formula is C44H41N5O7. The van der Waals surface area contributed by atoms with Crippen molar-refractivity contribution in [2.75, 3.05) is 70.1 Å². The summed E-state index contributed by atoms with van der Waals surface area (Å²) in [6.07, 6.45) is 3.43. The molecule has 1 fully saturated rings. The molecule has 3 heterocycles. The Bertz CT molecular complexity index is 2440. The molecule has 1 N–H and O–H groups in total. The van der Waals surface area contributed by atoms with Crippen LogP contribution in [0.25, 0.3) is 21.8 Å². The summed E-state index contributed by atoms with van der Waals surface area (Å²) >= 11 is 0. The van der Waals surface area contributed by atoms with Gasteiger partial charge in [0.15, 0.2) is 23.0 Å². The number of hydrogen-bond acceptors (Lipinski definition) is 12. The van der Waals surface area contributed by atoms with Crippen molar-refractivity contribution >= 4 is 44.6 Å². The molecule has 0 spiro atoms. The number of morpholine rings is 1. The molecule has 7 aromatic rings. The Hall–Kier alpha value is -6.92. The lowest BCUT2D eigenvalue weighted by atomic mass is 10.1. The van der Waals surface area contributed by atoms with Crippen molar-refractivity contribution in [2.24, 2.45) is 0 Å². The van der Waals surface area contributed by atoms with Crippen molar-refractivity contribution in [1.82, 2.24) is 9.97 Å². The van der Waals surface area contributed by atoms with Crippen LogP contribution in [-0.4, -0.2) is 64.7 Å². The predicted molar refractivity (Wildman–Crippen MR) is 218 cm³/mol. The second-order valence-electron chi connectivity index (χ2n) is 12.9. The quantitative estimate of drug-likeness (QED) is 0.113. The fraction of sp³-hybridized carbons (Fsp3) is 0.182. The van der Waals surface area contributed by atoms with Gasteiger partial charge in [-0.05, 0) is 97.1 Å². The lowest BCUT2D eigenvalue weighted by Gasteiger charge is -2.30. The first kappa shape index (κ1) is 36.1. The second kappa shape index (κ2) is 16.2. The van der Waals surface area contributed by atoms with E-state index >= 15 is 0 Å². The van der Waals surface area contributed by atoms with E-state index < -0.39 is 0 Å². The third kappa shape index (κ3) is 7.55. The third-order valence-electron chi connectivity index (χ3n) is 9.54. The van der Waals surface area contributed by atoms with Gasteiger partial charge in [0.25, 0.3) is 0 Å². The van der Waals surface area contributed by atoms with E-state index in [1.54, 1.807) is 40.8 Å². The van der Waals surface area contributed by atoms with Crippen molar-refractivity contribution < 1.29 is 33.2 Å². The van der Waals surface area contributed by atoms with Gasteiger partial charge in [-0.1, -0.05) is 0 Å². The van der Waals surface area contributed by atoms with E-state index in [1.165, 1.54) is 0 Å². The number of nitrogens with zero attached hydrogens (tertiary/aromatic N) is 4. The topological polar surface area (TPSA) is 109 Å². The van der Waals surface area contributed by atoms with E-state index in [2.05, 4.69) is 44.6 Å². The summed E-state index contributed by atoms with van der Waals surface area (Å²) in [6, 6.07) is 35.3. The molecule has 0 amide bonds. The Labute approximate surface area is 324 Å². The van der Waals surface area contributed by atoms with Gasteiger partial charge in [-0.15, -0.1) is 0 Å². The number of nitrogens with one attached hydrogen (secondary N) is 1. The van der Waals surface area contributed by atoms with Crippen molar-refractivity contribution in [3.63, 3.8) is 0 Å². The Morgan fingerprint density at radius 1 is 0.536 bits per heavy atom. The molecule has 12 heteroatoms. The third-order valence-corrected chi connectivity index (χ3v) is 9.54. The van der Waals surface area contributed by atoms with E-state index in [0.29, 0.717) is 46.0 Å². The largest absolute Gasteiger partial charge is 0.493 e. The van der Waals surface area contributed by atoms with Gasteiger partial charge in [0.1, 0.15) is 23.0 Å². The summed E-state index contributed by atoms with van der Waals surface area (Å²) in [7, 11) is 6.42. The highest BCUT2D eigenvalue weighted by atomic mass is 16.5. The number of fused-ring (bicyclic) bond motifs is 2. The Balaban J connectivity index is 1.06. The molecule has 0 aliphatic carbocycles. The molecule has 1 aliphatic heterocycles. The van der Waals surface area contributed by atoms with Crippen molar-refractivity contribution in [1.29, 1.82) is 0 Å². The molecule has 8 rings (SSSR count). The van der Waals surface area contributed by atoms with Crippen LogP contribution in [0.3, 0.4) is 0 Å². The van der Waals surface area contributed by atoms with Crippen LogP contribution < -0.4 is 43.8 Å². The summed E-state index contributed by atoms with van der Waals surface area (Å²) in [5.74, 6) is 5.04. The second-order valence-corrected chi connectivity index (χ2v) is 12.9. The Kier molecular flexibility index (Phi) is 10.4. The maximum absolute atomic E-state index is 6.40. The number of benzene rings is 5. The van der Waals surface area contributed by atoms with Crippen LogP contribution in [0.5, 0.6) is 46.0 Å². The fourth-order valence-electron chi connectivity index (χ4n) is 6.63. The molecule has 12 nitrogen and oxygen atoms in total. The lowest BCUT2D eigenvalue weighted by Crippen LogP contribution is -2.36. The number of methoxy groups -OCH3 is 4. The molecule has 1 aliphatic rings. The molecule has 0 atom stereocenters. The normalized spacial score (nSPS) is 12.6. The van der Waals surface area contributed by atoms with Crippen LogP contribution >= 0.6 is 0 Å². The number of aromatic nitrogens is 2. The van der Waals surface area contributed by atoms with Crippen LogP contribution in [0.4, 0.5) is 22.7 Å².